The predicted molar refractivity (Wildman–Crippen MR) is 80.9 cm³/mol. The van der Waals surface area contributed by atoms with Crippen LogP contribution >= 0.6 is 0 Å². The van der Waals surface area contributed by atoms with Crippen LogP contribution in [0.5, 0.6) is 0 Å². The first kappa shape index (κ1) is 18.1. The number of rotatable bonds is 7. The number of benzene rings is 1. The minimum absolute atomic E-state index is 0.0952. The van der Waals surface area contributed by atoms with Gasteiger partial charge in [-0.2, -0.15) is 0 Å². The van der Waals surface area contributed by atoms with Crippen LogP contribution in [0, 0.1) is 0 Å². The Morgan fingerprint density at radius 1 is 1.22 bits per heavy atom. The number of hydrogen-bond donors (Lipinski definition) is 3. The Bertz CT molecular complexity index is 614. The number of carboxylic acid groups (broad SMARTS) is 1. The van der Waals surface area contributed by atoms with Gasteiger partial charge in [0.1, 0.15) is 6.04 Å². The summed E-state index contributed by atoms with van der Waals surface area (Å²) in [5, 5.41) is 13.8. The van der Waals surface area contributed by atoms with Crippen LogP contribution in [-0.4, -0.2) is 41.5 Å². The van der Waals surface area contributed by atoms with Crippen molar-refractivity contribution in [3.05, 3.63) is 29.8 Å². The summed E-state index contributed by atoms with van der Waals surface area (Å²) in [6.07, 6.45) is -0.489. The molecule has 0 saturated heterocycles. The Balaban J connectivity index is 2.89. The standard InChI is InChI=1S/C15H18N2O6/c1-3-23-13(19)8-12(15(21)22)17-14(20)10-6-4-5-7-11(10)16-9(2)18/h4-7,12H,3,8H2,1-2H3,(H,16,18)(H,17,20)(H,21,22)/t12-/m1/s1. The lowest BCUT2D eigenvalue weighted by Gasteiger charge is -2.15. The number of carbonyl (C=O) groups is 4. The number of carboxylic acids is 1. The summed E-state index contributed by atoms with van der Waals surface area (Å²) in [6, 6.07) is 4.71. The second-order valence-corrected chi connectivity index (χ2v) is 4.60. The number of hydrogen-bond acceptors (Lipinski definition) is 5. The predicted octanol–water partition coefficient (Wildman–Crippen LogP) is 0.781. The Morgan fingerprint density at radius 2 is 1.87 bits per heavy atom. The molecule has 0 aliphatic heterocycles. The molecule has 0 spiro atoms. The second-order valence-electron chi connectivity index (χ2n) is 4.60. The molecule has 0 aliphatic rings. The molecule has 0 unspecified atom stereocenters. The van der Waals surface area contributed by atoms with Gasteiger partial charge < -0.3 is 20.5 Å². The van der Waals surface area contributed by atoms with Crippen LogP contribution in [0.1, 0.15) is 30.6 Å². The minimum atomic E-state index is -1.42. The molecule has 8 nitrogen and oxygen atoms in total. The Labute approximate surface area is 132 Å². The van der Waals surface area contributed by atoms with Crippen molar-refractivity contribution in [1.29, 1.82) is 0 Å². The highest BCUT2D eigenvalue weighted by Crippen LogP contribution is 2.15. The van der Waals surface area contributed by atoms with Crippen molar-refractivity contribution < 1.29 is 29.0 Å². The number of aliphatic carboxylic acids is 1. The maximum Gasteiger partial charge on any atom is 0.326 e. The number of anilines is 1. The number of amides is 2. The number of para-hydroxylation sites is 1. The molecule has 124 valence electrons. The molecule has 0 fully saturated rings. The molecule has 1 atom stereocenters. The van der Waals surface area contributed by atoms with Gasteiger partial charge in [0, 0.05) is 6.92 Å². The van der Waals surface area contributed by atoms with Crippen LogP contribution in [0.25, 0.3) is 0 Å². The maximum absolute atomic E-state index is 12.2. The lowest BCUT2D eigenvalue weighted by Crippen LogP contribution is -2.42. The van der Waals surface area contributed by atoms with Gasteiger partial charge >= 0.3 is 11.9 Å². The van der Waals surface area contributed by atoms with Gasteiger partial charge in [0.05, 0.1) is 24.3 Å². The molecular weight excluding hydrogens is 304 g/mol. The van der Waals surface area contributed by atoms with E-state index in [0.29, 0.717) is 0 Å². The summed E-state index contributed by atoms with van der Waals surface area (Å²) in [5.41, 5.74) is 0.343. The molecule has 1 rings (SSSR count). The third-order valence-electron chi connectivity index (χ3n) is 2.76. The van der Waals surface area contributed by atoms with Crippen molar-refractivity contribution in [3.8, 4) is 0 Å². The van der Waals surface area contributed by atoms with Gasteiger partial charge in [-0.25, -0.2) is 4.79 Å². The van der Waals surface area contributed by atoms with Gasteiger partial charge in [-0.3, -0.25) is 14.4 Å². The van der Waals surface area contributed by atoms with Crippen LogP contribution in [0.4, 0.5) is 5.69 Å². The fourth-order valence-electron chi connectivity index (χ4n) is 1.80. The number of nitrogens with one attached hydrogen (secondary N) is 2. The van der Waals surface area contributed by atoms with Crippen molar-refractivity contribution in [1.82, 2.24) is 5.32 Å². The largest absolute Gasteiger partial charge is 0.480 e. The molecule has 0 aromatic heterocycles. The van der Waals surface area contributed by atoms with Gasteiger partial charge in [0.25, 0.3) is 5.91 Å². The fourth-order valence-corrected chi connectivity index (χ4v) is 1.80. The highest BCUT2D eigenvalue weighted by molar-refractivity contribution is 6.04. The van der Waals surface area contributed by atoms with Crippen LogP contribution in [0.15, 0.2) is 24.3 Å². The van der Waals surface area contributed by atoms with Crippen LogP contribution in [0.2, 0.25) is 0 Å². The number of carbonyl (C=O) groups excluding carboxylic acids is 3. The van der Waals surface area contributed by atoms with E-state index in [0.717, 1.165) is 0 Å². The zero-order valence-corrected chi connectivity index (χ0v) is 12.8. The van der Waals surface area contributed by atoms with E-state index in [4.69, 9.17) is 5.11 Å². The minimum Gasteiger partial charge on any atom is -0.480 e. The monoisotopic (exact) mass is 322 g/mol. The van der Waals surface area contributed by atoms with Crippen molar-refractivity contribution in [2.45, 2.75) is 26.3 Å². The van der Waals surface area contributed by atoms with E-state index in [1.165, 1.54) is 19.1 Å². The molecule has 23 heavy (non-hydrogen) atoms. The molecule has 0 bridgehead atoms. The van der Waals surface area contributed by atoms with Crippen LogP contribution in [-0.2, 0) is 19.1 Å². The summed E-state index contributed by atoms with van der Waals surface area (Å²) >= 11 is 0. The second kappa shape index (κ2) is 8.52. The third kappa shape index (κ3) is 5.77. The van der Waals surface area contributed by atoms with Crippen molar-refractivity contribution >= 4 is 29.4 Å². The summed E-state index contributed by atoms with van der Waals surface area (Å²) < 4.78 is 4.68. The highest BCUT2D eigenvalue weighted by atomic mass is 16.5. The number of ether oxygens (including phenoxy) is 1. The van der Waals surface area contributed by atoms with Crippen molar-refractivity contribution in [2.24, 2.45) is 0 Å². The Kier molecular flexibility index (Phi) is 6.72. The normalized spacial score (nSPS) is 11.2. The van der Waals surface area contributed by atoms with Crippen molar-refractivity contribution in [3.63, 3.8) is 0 Å². The average molecular weight is 322 g/mol. The molecule has 0 aliphatic carbocycles. The summed E-state index contributed by atoms with van der Waals surface area (Å²) in [7, 11) is 0. The van der Waals surface area contributed by atoms with Gasteiger partial charge in [0.2, 0.25) is 5.91 Å². The number of esters is 1. The van der Waals surface area contributed by atoms with Gasteiger partial charge in [-0.15, -0.1) is 0 Å². The van der Waals surface area contributed by atoms with Crippen LogP contribution in [0.3, 0.4) is 0 Å². The smallest absolute Gasteiger partial charge is 0.326 e. The lowest BCUT2D eigenvalue weighted by molar-refractivity contribution is -0.149. The Hall–Kier alpha value is -2.90. The zero-order chi connectivity index (χ0) is 17.4. The van der Waals surface area contributed by atoms with Gasteiger partial charge in [-0.1, -0.05) is 12.1 Å². The van der Waals surface area contributed by atoms with E-state index >= 15 is 0 Å². The Morgan fingerprint density at radius 3 is 2.43 bits per heavy atom. The van der Waals surface area contributed by atoms with E-state index in [1.807, 2.05) is 0 Å². The van der Waals surface area contributed by atoms with Crippen LogP contribution < -0.4 is 10.6 Å². The maximum atomic E-state index is 12.2. The molecule has 0 heterocycles. The molecule has 0 saturated carbocycles. The SMILES string of the molecule is CCOC(=O)C[C@@H](NC(=O)c1ccccc1NC(C)=O)C(=O)O. The third-order valence-corrected chi connectivity index (χ3v) is 2.76. The first-order valence-electron chi connectivity index (χ1n) is 6.91. The first-order valence-corrected chi connectivity index (χ1v) is 6.91. The lowest BCUT2D eigenvalue weighted by atomic mass is 10.1. The van der Waals surface area contributed by atoms with E-state index in [-0.39, 0.29) is 23.8 Å². The quantitative estimate of drug-likeness (QED) is 0.638. The molecule has 1 aromatic carbocycles. The molecule has 0 radical (unpaired) electrons. The van der Waals surface area contributed by atoms with Gasteiger partial charge in [-0.05, 0) is 19.1 Å². The summed E-state index contributed by atoms with van der Waals surface area (Å²) in [6.45, 7) is 3.00. The zero-order valence-electron chi connectivity index (χ0n) is 12.8. The molecule has 8 heteroatoms. The fraction of sp³-hybridized carbons (Fsp3) is 0.333. The average Bonchev–Trinajstić information content (AvgIpc) is 2.46. The molecule has 3 N–H and O–H groups in total. The topological polar surface area (TPSA) is 122 Å². The first-order chi connectivity index (χ1) is 10.8. The highest BCUT2D eigenvalue weighted by Gasteiger charge is 2.25. The van der Waals surface area contributed by atoms with E-state index in [1.54, 1.807) is 19.1 Å². The molecule has 1 aromatic rings. The molecular formula is C15H18N2O6. The van der Waals surface area contributed by atoms with Crippen molar-refractivity contribution in [2.75, 3.05) is 11.9 Å². The van der Waals surface area contributed by atoms with Gasteiger partial charge in [0.15, 0.2) is 0 Å². The van der Waals surface area contributed by atoms with E-state index < -0.39 is 30.3 Å². The van der Waals surface area contributed by atoms with E-state index in [9.17, 15) is 19.2 Å². The molecule has 2 amide bonds. The summed E-state index contributed by atoms with van der Waals surface area (Å²) in [4.78, 5) is 45.9. The summed E-state index contributed by atoms with van der Waals surface area (Å²) in [5.74, 6) is -3.17. The van der Waals surface area contributed by atoms with E-state index in [2.05, 4.69) is 15.4 Å².